The van der Waals surface area contributed by atoms with Crippen molar-refractivity contribution in [2.45, 2.75) is 6.92 Å². The molecule has 2 heterocycles. The molecule has 0 saturated carbocycles. The second-order valence-corrected chi connectivity index (χ2v) is 7.58. The summed E-state index contributed by atoms with van der Waals surface area (Å²) in [6.07, 6.45) is 2.99. The second-order valence-electron chi connectivity index (χ2n) is 6.72. The van der Waals surface area contributed by atoms with Gasteiger partial charge in [-0.15, -0.1) is 11.3 Å². The molecule has 0 radical (unpaired) electrons. The van der Waals surface area contributed by atoms with Crippen LogP contribution in [0.5, 0.6) is 0 Å². The van der Waals surface area contributed by atoms with Gasteiger partial charge in [-0.2, -0.15) is 0 Å². The van der Waals surface area contributed by atoms with Crippen molar-refractivity contribution in [3.05, 3.63) is 101 Å². The summed E-state index contributed by atoms with van der Waals surface area (Å²) in [6.45, 7) is 1.94. The van der Waals surface area contributed by atoms with Crippen molar-refractivity contribution in [3.8, 4) is 10.6 Å². The number of hydrogen-bond donors (Lipinski definition) is 2. The van der Waals surface area contributed by atoms with Crippen molar-refractivity contribution >= 4 is 34.9 Å². The van der Waals surface area contributed by atoms with Crippen LogP contribution in [0.4, 0.5) is 5.69 Å². The molecule has 0 bridgehead atoms. The molecular formula is C24H19N3O3S. The minimum absolute atomic E-state index is 0.0688. The monoisotopic (exact) mass is 429 g/mol. The van der Waals surface area contributed by atoms with Crippen molar-refractivity contribution in [2.75, 3.05) is 5.32 Å². The van der Waals surface area contributed by atoms with Crippen LogP contribution in [0.25, 0.3) is 16.6 Å². The molecule has 2 aromatic carbocycles. The predicted octanol–water partition coefficient (Wildman–Crippen LogP) is 5.12. The molecule has 31 heavy (non-hydrogen) atoms. The highest BCUT2D eigenvalue weighted by atomic mass is 32.1. The number of hydrogen-bond acceptors (Lipinski definition) is 5. The topological polar surface area (TPSA) is 84.2 Å². The van der Waals surface area contributed by atoms with E-state index in [4.69, 9.17) is 4.42 Å². The second kappa shape index (κ2) is 9.23. The van der Waals surface area contributed by atoms with E-state index in [0.717, 1.165) is 16.3 Å². The lowest BCUT2D eigenvalue weighted by Gasteiger charge is -2.11. The van der Waals surface area contributed by atoms with E-state index in [-0.39, 0.29) is 11.6 Å². The molecule has 0 aliphatic rings. The first-order valence-electron chi connectivity index (χ1n) is 9.54. The maximum absolute atomic E-state index is 13.0. The van der Waals surface area contributed by atoms with Crippen LogP contribution in [0.15, 0.2) is 88.5 Å². The van der Waals surface area contributed by atoms with E-state index >= 15 is 0 Å². The lowest BCUT2D eigenvalue weighted by Crippen LogP contribution is -2.30. The Labute approximate surface area is 183 Å². The molecule has 0 spiro atoms. The van der Waals surface area contributed by atoms with Gasteiger partial charge in [0.2, 0.25) is 0 Å². The van der Waals surface area contributed by atoms with Crippen LogP contribution >= 0.6 is 11.3 Å². The highest BCUT2D eigenvalue weighted by Gasteiger charge is 2.16. The van der Waals surface area contributed by atoms with Gasteiger partial charge in [0, 0.05) is 34.0 Å². The number of benzene rings is 2. The number of rotatable bonds is 6. The van der Waals surface area contributed by atoms with E-state index < -0.39 is 5.91 Å². The first kappa shape index (κ1) is 20.3. The number of nitrogens with one attached hydrogen (secondary N) is 2. The van der Waals surface area contributed by atoms with Gasteiger partial charge in [-0.1, -0.05) is 30.3 Å². The number of aryl methyl sites for hydroxylation is 1. The molecule has 154 valence electrons. The van der Waals surface area contributed by atoms with Crippen molar-refractivity contribution < 1.29 is 14.0 Å². The fourth-order valence-corrected chi connectivity index (χ4v) is 3.67. The third-order valence-corrected chi connectivity index (χ3v) is 5.35. The van der Waals surface area contributed by atoms with Gasteiger partial charge in [0.05, 0.1) is 6.26 Å². The molecule has 0 aliphatic carbocycles. The van der Waals surface area contributed by atoms with Gasteiger partial charge in [-0.25, -0.2) is 4.98 Å². The fourth-order valence-electron chi connectivity index (χ4n) is 2.87. The van der Waals surface area contributed by atoms with Crippen molar-refractivity contribution in [1.29, 1.82) is 0 Å². The summed E-state index contributed by atoms with van der Waals surface area (Å²) in [5.41, 5.74) is 2.96. The van der Waals surface area contributed by atoms with E-state index in [1.807, 2.05) is 36.6 Å². The van der Waals surface area contributed by atoms with Gasteiger partial charge >= 0.3 is 0 Å². The average Bonchev–Trinajstić information content (AvgIpc) is 3.46. The maximum Gasteiger partial charge on any atom is 0.272 e. The molecule has 0 saturated heterocycles. The standard InChI is InChI=1S/C24H19N3O3S/c1-16-15-31-24(25-16)18-9-5-10-19(13-18)26-23(29)21(14-20-11-6-12-30-20)27-22(28)17-7-3-2-4-8-17/h2-15H,1H3,(H,26,29)(H,27,28)/b21-14-. The molecule has 0 aliphatic heterocycles. The van der Waals surface area contributed by atoms with Gasteiger partial charge in [0.15, 0.2) is 0 Å². The zero-order valence-corrected chi connectivity index (χ0v) is 17.5. The maximum atomic E-state index is 13.0. The Kier molecular flexibility index (Phi) is 6.05. The molecule has 0 fully saturated rings. The Morgan fingerprint density at radius 2 is 1.87 bits per heavy atom. The third-order valence-electron chi connectivity index (χ3n) is 4.34. The number of aromatic nitrogens is 1. The lowest BCUT2D eigenvalue weighted by molar-refractivity contribution is -0.113. The SMILES string of the molecule is Cc1csc(-c2cccc(NC(=O)/C(=C/c3ccco3)NC(=O)c3ccccc3)c2)n1. The number of carbonyl (C=O) groups excluding carboxylic acids is 2. The molecule has 6 nitrogen and oxygen atoms in total. The first-order chi connectivity index (χ1) is 15.1. The van der Waals surface area contributed by atoms with Crippen LogP contribution in [0.2, 0.25) is 0 Å². The number of anilines is 1. The number of thiazole rings is 1. The Balaban J connectivity index is 1.57. The van der Waals surface area contributed by atoms with Crippen LogP contribution in [0, 0.1) is 6.92 Å². The smallest absolute Gasteiger partial charge is 0.272 e. The molecule has 2 aromatic heterocycles. The molecule has 4 rings (SSSR count). The van der Waals surface area contributed by atoms with Crippen LogP contribution in [-0.2, 0) is 4.79 Å². The van der Waals surface area contributed by atoms with E-state index in [2.05, 4.69) is 15.6 Å². The van der Waals surface area contributed by atoms with Gasteiger partial charge in [0.1, 0.15) is 16.5 Å². The minimum atomic E-state index is -0.465. The zero-order valence-electron chi connectivity index (χ0n) is 16.7. The van der Waals surface area contributed by atoms with Crippen LogP contribution < -0.4 is 10.6 Å². The summed E-state index contributed by atoms with van der Waals surface area (Å²) in [5, 5.41) is 8.37. The Morgan fingerprint density at radius 1 is 1.03 bits per heavy atom. The summed E-state index contributed by atoms with van der Waals surface area (Å²) in [4.78, 5) is 30.1. The zero-order chi connectivity index (χ0) is 21.6. The minimum Gasteiger partial charge on any atom is -0.465 e. The summed E-state index contributed by atoms with van der Waals surface area (Å²) in [6, 6.07) is 19.5. The van der Waals surface area contributed by atoms with E-state index in [1.54, 1.807) is 53.8 Å². The summed E-state index contributed by atoms with van der Waals surface area (Å²) in [5.74, 6) is -0.403. The molecule has 7 heteroatoms. The van der Waals surface area contributed by atoms with Crippen LogP contribution in [0.3, 0.4) is 0 Å². The summed E-state index contributed by atoms with van der Waals surface area (Å²) < 4.78 is 5.32. The van der Waals surface area contributed by atoms with Crippen molar-refractivity contribution in [2.24, 2.45) is 0 Å². The van der Waals surface area contributed by atoms with Crippen LogP contribution in [0.1, 0.15) is 21.8 Å². The molecule has 2 amide bonds. The van der Waals surface area contributed by atoms with Crippen molar-refractivity contribution in [3.63, 3.8) is 0 Å². The number of amides is 2. The number of furan rings is 1. The largest absolute Gasteiger partial charge is 0.465 e. The average molecular weight is 430 g/mol. The Bertz CT molecular complexity index is 1230. The van der Waals surface area contributed by atoms with Gasteiger partial charge in [-0.05, 0) is 43.3 Å². The Morgan fingerprint density at radius 3 is 2.58 bits per heavy atom. The van der Waals surface area contributed by atoms with Crippen LogP contribution in [-0.4, -0.2) is 16.8 Å². The van der Waals surface area contributed by atoms with E-state index in [1.165, 1.54) is 12.3 Å². The van der Waals surface area contributed by atoms with E-state index in [9.17, 15) is 9.59 Å². The molecule has 0 unspecified atom stereocenters. The highest BCUT2D eigenvalue weighted by molar-refractivity contribution is 7.13. The lowest BCUT2D eigenvalue weighted by atomic mass is 10.2. The third kappa shape index (κ3) is 5.15. The van der Waals surface area contributed by atoms with Gasteiger partial charge < -0.3 is 15.1 Å². The summed E-state index contributed by atoms with van der Waals surface area (Å²) >= 11 is 1.54. The quantitative estimate of drug-likeness (QED) is 0.417. The summed E-state index contributed by atoms with van der Waals surface area (Å²) in [7, 11) is 0. The van der Waals surface area contributed by atoms with Gasteiger partial charge in [-0.3, -0.25) is 9.59 Å². The van der Waals surface area contributed by atoms with Gasteiger partial charge in [0.25, 0.3) is 11.8 Å². The van der Waals surface area contributed by atoms with E-state index in [0.29, 0.717) is 17.0 Å². The normalized spacial score (nSPS) is 11.2. The molecule has 0 atom stereocenters. The highest BCUT2D eigenvalue weighted by Crippen LogP contribution is 2.26. The molecule has 4 aromatic rings. The number of carbonyl (C=O) groups is 2. The molecular weight excluding hydrogens is 410 g/mol. The predicted molar refractivity (Wildman–Crippen MR) is 122 cm³/mol. The molecule has 2 N–H and O–H groups in total. The fraction of sp³-hybridized carbons (Fsp3) is 0.0417. The first-order valence-corrected chi connectivity index (χ1v) is 10.4. The number of nitrogens with zero attached hydrogens (tertiary/aromatic N) is 1. The van der Waals surface area contributed by atoms with Crippen molar-refractivity contribution in [1.82, 2.24) is 10.3 Å². The Hall–Kier alpha value is -3.97.